The molecule has 1 atom stereocenters. The van der Waals surface area contributed by atoms with Gasteiger partial charge in [-0.3, -0.25) is 4.79 Å². The molecule has 0 rings (SSSR count). The van der Waals surface area contributed by atoms with Gasteiger partial charge in [-0.05, 0) is 13.3 Å². The van der Waals surface area contributed by atoms with E-state index in [1.165, 1.54) is 0 Å². The van der Waals surface area contributed by atoms with Crippen LogP contribution >= 0.6 is 34.8 Å². The summed E-state index contributed by atoms with van der Waals surface area (Å²) in [6.45, 7) is 6.42. The Morgan fingerprint density at radius 3 is 1.79 bits per heavy atom. The van der Waals surface area contributed by atoms with Crippen LogP contribution in [0.5, 0.6) is 0 Å². The Balaban J connectivity index is 0. The third-order valence-electron chi connectivity index (χ3n) is 0.920. The van der Waals surface area contributed by atoms with Crippen molar-refractivity contribution in [2.24, 2.45) is 0 Å². The minimum Gasteiger partial charge on any atom is -0.481 e. The maximum atomic E-state index is 9.10. The van der Waals surface area contributed by atoms with Crippen molar-refractivity contribution in [2.45, 2.75) is 30.2 Å². The Morgan fingerprint density at radius 2 is 1.71 bits per heavy atom. The van der Waals surface area contributed by atoms with Crippen molar-refractivity contribution in [1.82, 2.24) is 0 Å². The van der Waals surface area contributed by atoms with Gasteiger partial charge in [0.2, 0.25) is 3.79 Å². The van der Waals surface area contributed by atoms with E-state index in [2.05, 4.69) is 6.58 Å². The van der Waals surface area contributed by atoms with Crippen LogP contribution in [0.1, 0.15) is 20.3 Å². The zero-order valence-corrected chi connectivity index (χ0v) is 10.2. The molecule has 0 bridgehead atoms. The van der Waals surface area contributed by atoms with E-state index in [-0.39, 0.29) is 0 Å². The lowest BCUT2D eigenvalue weighted by atomic mass is 10.2. The lowest BCUT2D eigenvalue weighted by Gasteiger charge is -2.18. The smallest absolute Gasteiger partial charge is 0.300 e. The van der Waals surface area contributed by atoms with Crippen LogP contribution in [0.25, 0.3) is 0 Å². The number of carbonyl (C=O) groups is 1. The standard InChI is InChI=1S/C6H9Cl3O.C2H4O2/c1-4(2)3-5(10)6(7,8)9;1-2(3)4/h5,10H,1,3H2,2H3;1H3,(H,3,4)/t5-;/m1./s1. The molecule has 0 aliphatic heterocycles. The fourth-order valence-electron chi connectivity index (χ4n) is 0.446. The van der Waals surface area contributed by atoms with Gasteiger partial charge in [0.15, 0.2) is 0 Å². The summed E-state index contributed by atoms with van der Waals surface area (Å²) in [7, 11) is 0. The van der Waals surface area contributed by atoms with Crippen LogP contribution in [0.3, 0.4) is 0 Å². The summed E-state index contributed by atoms with van der Waals surface area (Å²) < 4.78 is -1.60. The predicted molar refractivity (Wildman–Crippen MR) is 59.0 cm³/mol. The Labute approximate surface area is 98.3 Å². The number of aliphatic hydroxyl groups excluding tert-OH is 1. The highest BCUT2D eigenvalue weighted by Crippen LogP contribution is 2.32. The molecule has 0 unspecified atom stereocenters. The van der Waals surface area contributed by atoms with Crippen molar-refractivity contribution >= 4 is 40.8 Å². The third-order valence-corrected chi connectivity index (χ3v) is 1.68. The normalized spacial score (nSPS) is 12.4. The minimum atomic E-state index is -1.60. The van der Waals surface area contributed by atoms with E-state index in [4.69, 9.17) is 49.8 Å². The molecule has 84 valence electrons. The van der Waals surface area contributed by atoms with Crippen molar-refractivity contribution in [1.29, 1.82) is 0 Å². The van der Waals surface area contributed by atoms with Crippen LogP contribution in [-0.2, 0) is 4.79 Å². The summed E-state index contributed by atoms with van der Waals surface area (Å²) in [5, 5.41) is 16.5. The van der Waals surface area contributed by atoms with Gasteiger partial charge >= 0.3 is 0 Å². The van der Waals surface area contributed by atoms with E-state index in [9.17, 15) is 0 Å². The molecule has 0 amide bonds. The number of halogens is 3. The molecular weight excluding hydrogens is 250 g/mol. The highest BCUT2D eigenvalue weighted by atomic mass is 35.6. The second-order valence-corrected chi connectivity index (χ2v) is 5.11. The van der Waals surface area contributed by atoms with E-state index in [1.807, 2.05) is 0 Å². The van der Waals surface area contributed by atoms with Crippen LogP contribution < -0.4 is 0 Å². The van der Waals surface area contributed by atoms with Gasteiger partial charge in [-0.2, -0.15) is 0 Å². The molecule has 0 saturated heterocycles. The summed E-state index contributed by atoms with van der Waals surface area (Å²) in [5.74, 6) is -0.833. The second-order valence-electron chi connectivity index (χ2n) is 2.74. The number of aliphatic hydroxyl groups is 1. The maximum Gasteiger partial charge on any atom is 0.300 e. The lowest BCUT2D eigenvalue weighted by molar-refractivity contribution is -0.134. The van der Waals surface area contributed by atoms with Crippen LogP contribution in [0.2, 0.25) is 0 Å². The molecular formula is C8H13Cl3O3. The first-order chi connectivity index (χ1) is 6.07. The fourth-order valence-corrected chi connectivity index (χ4v) is 0.677. The Morgan fingerprint density at radius 1 is 1.43 bits per heavy atom. The van der Waals surface area contributed by atoms with Gasteiger partial charge in [-0.25, -0.2) is 0 Å². The number of rotatable bonds is 2. The summed E-state index contributed by atoms with van der Waals surface area (Å²) in [6, 6.07) is 0. The highest BCUT2D eigenvalue weighted by Gasteiger charge is 2.30. The molecule has 0 aromatic carbocycles. The molecule has 0 fully saturated rings. The van der Waals surface area contributed by atoms with E-state index < -0.39 is 15.9 Å². The van der Waals surface area contributed by atoms with E-state index in [0.717, 1.165) is 12.5 Å². The van der Waals surface area contributed by atoms with Crippen molar-refractivity contribution in [3.05, 3.63) is 12.2 Å². The predicted octanol–water partition coefficient (Wildman–Crippen LogP) is 2.77. The first-order valence-corrected chi connectivity index (χ1v) is 4.79. The lowest BCUT2D eigenvalue weighted by Crippen LogP contribution is -2.24. The zero-order valence-electron chi connectivity index (χ0n) is 7.93. The van der Waals surface area contributed by atoms with Gasteiger partial charge < -0.3 is 10.2 Å². The third kappa shape index (κ3) is 14.6. The zero-order chi connectivity index (χ0) is 11.9. The summed E-state index contributed by atoms with van der Waals surface area (Å²) in [4.78, 5) is 9.00. The molecule has 6 heteroatoms. The van der Waals surface area contributed by atoms with Gasteiger partial charge in [0.25, 0.3) is 5.97 Å². The molecule has 2 N–H and O–H groups in total. The van der Waals surface area contributed by atoms with Gasteiger partial charge in [0.1, 0.15) is 6.10 Å². The molecule has 0 aliphatic rings. The number of hydrogen-bond donors (Lipinski definition) is 2. The van der Waals surface area contributed by atoms with Crippen molar-refractivity contribution in [2.75, 3.05) is 0 Å². The second kappa shape index (κ2) is 7.35. The molecule has 0 aromatic heterocycles. The number of carboxylic acid groups (broad SMARTS) is 1. The van der Waals surface area contributed by atoms with Crippen molar-refractivity contribution in [3.8, 4) is 0 Å². The monoisotopic (exact) mass is 262 g/mol. The molecule has 0 radical (unpaired) electrons. The first kappa shape index (κ1) is 16.5. The summed E-state index contributed by atoms with van der Waals surface area (Å²) >= 11 is 16.1. The molecule has 3 nitrogen and oxygen atoms in total. The van der Waals surface area contributed by atoms with Gasteiger partial charge in [0, 0.05) is 6.92 Å². The molecule has 0 saturated carbocycles. The maximum absolute atomic E-state index is 9.10. The fraction of sp³-hybridized carbons (Fsp3) is 0.625. The van der Waals surface area contributed by atoms with Gasteiger partial charge in [-0.1, -0.05) is 40.4 Å². The Hall–Kier alpha value is 0.0400. The van der Waals surface area contributed by atoms with Crippen LogP contribution in [-0.4, -0.2) is 26.1 Å². The topological polar surface area (TPSA) is 57.5 Å². The molecule has 0 aromatic rings. The van der Waals surface area contributed by atoms with E-state index in [0.29, 0.717) is 6.42 Å². The van der Waals surface area contributed by atoms with Gasteiger partial charge in [-0.15, -0.1) is 6.58 Å². The van der Waals surface area contributed by atoms with E-state index in [1.54, 1.807) is 6.92 Å². The number of hydrogen-bond acceptors (Lipinski definition) is 2. The van der Waals surface area contributed by atoms with Crippen LogP contribution in [0, 0.1) is 0 Å². The SMILES string of the molecule is C=C(C)C[C@@H](O)C(Cl)(Cl)Cl.CC(=O)O. The Kier molecular flexibility index (Phi) is 8.64. The molecule has 0 aliphatic carbocycles. The average Bonchev–Trinajstić information content (AvgIpc) is 1.81. The van der Waals surface area contributed by atoms with E-state index >= 15 is 0 Å². The largest absolute Gasteiger partial charge is 0.481 e. The van der Waals surface area contributed by atoms with Crippen molar-refractivity contribution < 1.29 is 15.0 Å². The van der Waals surface area contributed by atoms with Crippen LogP contribution in [0.15, 0.2) is 12.2 Å². The minimum absolute atomic E-state index is 0.316. The molecule has 14 heavy (non-hydrogen) atoms. The highest BCUT2D eigenvalue weighted by molar-refractivity contribution is 6.68. The number of aliphatic carboxylic acids is 1. The molecule has 0 heterocycles. The Bertz CT molecular complexity index is 194. The summed E-state index contributed by atoms with van der Waals surface area (Å²) in [6.07, 6.45) is -0.647. The number of carboxylic acids is 1. The average molecular weight is 264 g/mol. The molecule has 0 spiro atoms. The first-order valence-electron chi connectivity index (χ1n) is 3.66. The van der Waals surface area contributed by atoms with Crippen LogP contribution in [0.4, 0.5) is 0 Å². The quantitative estimate of drug-likeness (QED) is 0.595. The van der Waals surface area contributed by atoms with Crippen molar-refractivity contribution in [3.63, 3.8) is 0 Å². The number of alkyl halides is 3. The summed E-state index contributed by atoms with van der Waals surface area (Å²) in [5.41, 5.74) is 0.791. The van der Waals surface area contributed by atoms with Gasteiger partial charge in [0.05, 0.1) is 0 Å².